The highest BCUT2D eigenvalue weighted by atomic mass is 32.2. The van der Waals surface area contributed by atoms with Gasteiger partial charge in [0.15, 0.2) is 0 Å². The Morgan fingerprint density at radius 3 is 2.45 bits per heavy atom. The second-order valence-corrected chi connectivity index (χ2v) is 6.74. The lowest BCUT2D eigenvalue weighted by Crippen LogP contribution is -2.28. The van der Waals surface area contributed by atoms with Crippen LogP contribution in [0.2, 0.25) is 0 Å². The van der Waals surface area contributed by atoms with Crippen LogP contribution in [0.15, 0.2) is 29.2 Å². The molecule has 2 N–H and O–H groups in total. The quantitative estimate of drug-likeness (QED) is 0.747. The molecule has 1 aromatic carbocycles. The molecule has 20 heavy (non-hydrogen) atoms. The van der Waals surface area contributed by atoms with E-state index < -0.39 is 10.0 Å². The Bertz CT molecular complexity index is 506. The minimum Gasteiger partial charge on any atom is -0.392 e. The molecule has 1 aromatic rings. The number of benzene rings is 1. The van der Waals surface area contributed by atoms with Crippen molar-refractivity contribution in [3.63, 3.8) is 0 Å². The van der Waals surface area contributed by atoms with E-state index in [9.17, 15) is 8.42 Å². The first-order valence-corrected chi connectivity index (χ1v) is 8.41. The van der Waals surface area contributed by atoms with E-state index in [1.165, 1.54) is 25.0 Å². The van der Waals surface area contributed by atoms with Gasteiger partial charge >= 0.3 is 0 Å². The maximum absolute atomic E-state index is 12.0. The third kappa shape index (κ3) is 4.28. The number of aliphatic hydroxyl groups is 1. The standard InChI is InChI=1S/C14H21NO4S/c16-11-12-5-7-14(8-6-12)20(17,18)15-9-10-19-13-3-1-2-4-13/h5-8,13,15-16H,1-4,9-11H2. The molecule has 0 spiro atoms. The molecule has 0 atom stereocenters. The molecule has 0 unspecified atom stereocenters. The fraction of sp³-hybridized carbons (Fsp3) is 0.571. The largest absolute Gasteiger partial charge is 0.392 e. The molecule has 5 nitrogen and oxygen atoms in total. The predicted molar refractivity (Wildman–Crippen MR) is 75.8 cm³/mol. The highest BCUT2D eigenvalue weighted by Gasteiger charge is 2.16. The van der Waals surface area contributed by atoms with Gasteiger partial charge in [0.25, 0.3) is 0 Å². The Hall–Kier alpha value is -0.950. The summed E-state index contributed by atoms with van der Waals surface area (Å²) in [7, 11) is -3.49. The summed E-state index contributed by atoms with van der Waals surface area (Å²) in [6.07, 6.45) is 4.86. The van der Waals surface area contributed by atoms with Crippen molar-refractivity contribution in [3.05, 3.63) is 29.8 Å². The summed E-state index contributed by atoms with van der Waals surface area (Å²) >= 11 is 0. The third-order valence-electron chi connectivity index (χ3n) is 3.47. The zero-order chi connectivity index (χ0) is 14.4. The van der Waals surface area contributed by atoms with Crippen molar-refractivity contribution in [3.8, 4) is 0 Å². The van der Waals surface area contributed by atoms with Crippen LogP contribution in [0.25, 0.3) is 0 Å². The smallest absolute Gasteiger partial charge is 0.240 e. The molecule has 0 amide bonds. The summed E-state index contributed by atoms with van der Waals surface area (Å²) in [6, 6.07) is 6.19. The number of aliphatic hydroxyl groups excluding tert-OH is 1. The summed E-state index contributed by atoms with van der Waals surface area (Å²) in [6.45, 7) is 0.586. The minimum atomic E-state index is -3.49. The molecule has 1 fully saturated rings. The maximum atomic E-state index is 12.0. The zero-order valence-corrected chi connectivity index (χ0v) is 12.2. The van der Waals surface area contributed by atoms with Crippen molar-refractivity contribution in [1.29, 1.82) is 0 Å². The summed E-state index contributed by atoms with van der Waals surface area (Å²) in [4.78, 5) is 0.204. The topological polar surface area (TPSA) is 75.6 Å². The first-order chi connectivity index (χ1) is 9.62. The van der Waals surface area contributed by atoms with E-state index in [1.807, 2.05) is 0 Å². The van der Waals surface area contributed by atoms with Crippen LogP contribution in [0.1, 0.15) is 31.2 Å². The molecule has 1 saturated carbocycles. The first-order valence-electron chi connectivity index (χ1n) is 6.93. The molecule has 1 aliphatic carbocycles. The number of rotatable bonds is 7. The fourth-order valence-electron chi connectivity index (χ4n) is 2.31. The van der Waals surface area contributed by atoms with E-state index in [1.54, 1.807) is 12.1 Å². The molecular formula is C14H21NO4S. The lowest BCUT2D eigenvalue weighted by molar-refractivity contribution is 0.0626. The van der Waals surface area contributed by atoms with Gasteiger partial charge in [0.1, 0.15) is 0 Å². The van der Waals surface area contributed by atoms with Gasteiger partial charge in [-0.2, -0.15) is 0 Å². The molecule has 112 valence electrons. The number of hydrogen-bond donors (Lipinski definition) is 2. The van der Waals surface area contributed by atoms with Gasteiger partial charge in [-0.05, 0) is 30.5 Å². The average molecular weight is 299 g/mol. The molecule has 2 rings (SSSR count). The second-order valence-electron chi connectivity index (χ2n) is 4.98. The van der Waals surface area contributed by atoms with E-state index in [0.29, 0.717) is 18.3 Å². The van der Waals surface area contributed by atoms with Gasteiger partial charge in [-0.25, -0.2) is 13.1 Å². The summed E-state index contributed by atoms with van der Waals surface area (Å²) < 4.78 is 32.1. The molecular weight excluding hydrogens is 278 g/mol. The molecule has 0 heterocycles. The van der Waals surface area contributed by atoms with Crippen LogP contribution in [-0.4, -0.2) is 32.8 Å². The van der Waals surface area contributed by atoms with Crippen LogP contribution >= 0.6 is 0 Å². The molecule has 0 bridgehead atoms. The lowest BCUT2D eigenvalue weighted by atomic mass is 10.2. The average Bonchev–Trinajstić information content (AvgIpc) is 2.97. The van der Waals surface area contributed by atoms with Gasteiger partial charge in [0.2, 0.25) is 10.0 Å². The third-order valence-corrected chi connectivity index (χ3v) is 4.94. The first kappa shape index (κ1) is 15.4. The van der Waals surface area contributed by atoms with Gasteiger partial charge in [0.05, 0.1) is 24.2 Å². The van der Waals surface area contributed by atoms with Crippen molar-refractivity contribution < 1.29 is 18.3 Å². The van der Waals surface area contributed by atoms with Crippen LogP contribution in [0, 0.1) is 0 Å². The highest BCUT2D eigenvalue weighted by Crippen LogP contribution is 2.20. The van der Waals surface area contributed by atoms with Gasteiger partial charge in [-0.3, -0.25) is 0 Å². The number of ether oxygens (including phenoxy) is 1. The number of hydrogen-bond acceptors (Lipinski definition) is 4. The normalized spacial score (nSPS) is 16.6. The highest BCUT2D eigenvalue weighted by molar-refractivity contribution is 7.89. The van der Waals surface area contributed by atoms with Crippen molar-refractivity contribution in [2.75, 3.05) is 13.2 Å². The Kier molecular flexibility index (Phi) is 5.54. The van der Waals surface area contributed by atoms with Gasteiger partial charge in [-0.15, -0.1) is 0 Å². The SMILES string of the molecule is O=S(=O)(NCCOC1CCCC1)c1ccc(CO)cc1. The molecule has 0 radical (unpaired) electrons. The van der Waals surface area contributed by atoms with Crippen molar-refractivity contribution in [1.82, 2.24) is 4.72 Å². The minimum absolute atomic E-state index is 0.0943. The fourth-order valence-corrected chi connectivity index (χ4v) is 3.33. The molecule has 0 aliphatic heterocycles. The summed E-state index contributed by atoms with van der Waals surface area (Å²) in [5.74, 6) is 0. The van der Waals surface area contributed by atoms with Crippen LogP contribution in [-0.2, 0) is 21.4 Å². The van der Waals surface area contributed by atoms with E-state index in [4.69, 9.17) is 9.84 Å². The Morgan fingerprint density at radius 2 is 1.85 bits per heavy atom. The van der Waals surface area contributed by atoms with Crippen LogP contribution in [0.5, 0.6) is 0 Å². The van der Waals surface area contributed by atoms with Crippen molar-refractivity contribution >= 4 is 10.0 Å². The Morgan fingerprint density at radius 1 is 1.20 bits per heavy atom. The molecule has 1 aliphatic rings. The Labute approximate surface area is 120 Å². The molecule has 0 aromatic heterocycles. The molecule has 6 heteroatoms. The van der Waals surface area contributed by atoms with E-state index >= 15 is 0 Å². The van der Waals surface area contributed by atoms with Crippen LogP contribution in [0.4, 0.5) is 0 Å². The van der Waals surface area contributed by atoms with Crippen molar-refractivity contribution in [2.45, 2.75) is 43.3 Å². The molecule has 0 saturated heterocycles. The van der Waals surface area contributed by atoms with Crippen LogP contribution in [0.3, 0.4) is 0 Å². The van der Waals surface area contributed by atoms with E-state index in [0.717, 1.165) is 12.8 Å². The van der Waals surface area contributed by atoms with Crippen molar-refractivity contribution in [2.24, 2.45) is 0 Å². The summed E-state index contributed by atoms with van der Waals surface area (Å²) in [5, 5.41) is 8.93. The number of nitrogens with one attached hydrogen (secondary N) is 1. The van der Waals surface area contributed by atoms with E-state index in [-0.39, 0.29) is 18.0 Å². The monoisotopic (exact) mass is 299 g/mol. The van der Waals surface area contributed by atoms with E-state index in [2.05, 4.69) is 4.72 Å². The number of sulfonamides is 1. The van der Waals surface area contributed by atoms with Gasteiger partial charge in [0, 0.05) is 6.54 Å². The second kappa shape index (κ2) is 7.17. The van der Waals surface area contributed by atoms with Gasteiger partial charge < -0.3 is 9.84 Å². The lowest BCUT2D eigenvalue weighted by Gasteiger charge is -2.12. The zero-order valence-electron chi connectivity index (χ0n) is 11.4. The maximum Gasteiger partial charge on any atom is 0.240 e. The van der Waals surface area contributed by atoms with Crippen LogP contribution < -0.4 is 4.72 Å². The predicted octanol–water partition coefficient (Wildman–Crippen LogP) is 1.42. The Balaban J connectivity index is 1.80. The summed E-state index contributed by atoms with van der Waals surface area (Å²) in [5.41, 5.74) is 0.688. The van der Waals surface area contributed by atoms with Gasteiger partial charge in [-0.1, -0.05) is 25.0 Å².